The van der Waals surface area contributed by atoms with E-state index in [1.807, 2.05) is 11.9 Å². The van der Waals surface area contributed by atoms with Crippen LogP contribution in [0.5, 0.6) is 0 Å². The van der Waals surface area contributed by atoms with E-state index in [4.69, 9.17) is 10.5 Å². The molecule has 1 aliphatic rings. The van der Waals surface area contributed by atoms with E-state index in [-0.39, 0.29) is 6.10 Å². The Kier molecular flexibility index (Phi) is 2.28. The van der Waals surface area contributed by atoms with Crippen LogP contribution in [0.25, 0.3) is 0 Å². The third kappa shape index (κ3) is 1.52. The van der Waals surface area contributed by atoms with Gasteiger partial charge in [-0.2, -0.15) is 4.98 Å². The fourth-order valence-electron chi connectivity index (χ4n) is 1.80. The zero-order chi connectivity index (χ0) is 10.1. The van der Waals surface area contributed by atoms with Crippen molar-refractivity contribution in [2.24, 2.45) is 0 Å². The predicted molar refractivity (Wildman–Crippen MR) is 53.0 cm³/mol. The van der Waals surface area contributed by atoms with Gasteiger partial charge in [-0.05, 0) is 13.3 Å². The van der Waals surface area contributed by atoms with E-state index in [2.05, 4.69) is 22.1 Å². The number of nitrogens with one attached hydrogen (secondary N) is 1. The number of aromatic nitrogens is 3. The van der Waals surface area contributed by atoms with Gasteiger partial charge in [0.05, 0.1) is 12.1 Å². The minimum atomic E-state index is 0.222. The van der Waals surface area contributed by atoms with Crippen LogP contribution in [0.15, 0.2) is 0 Å². The van der Waals surface area contributed by atoms with Crippen LogP contribution in [-0.4, -0.2) is 41.0 Å². The van der Waals surface area contributed by atoms with Gasteiger partial charge >= 0.3 is 0 Å². The Balaban J connectivity index is 2.11. The van der Waals surface area contributed by atoms with Crippen molar-refractivity contribution in [3.8, 4) is 0 Å². The van der Waals surface area contributed by atoms with E-state index < -0.39 is 0 Å². The first-order valence-electron chi connectivity index (χ1n) is 4.71. The van der Waals surface area contributed by atoms with Crippen molar-refractivity contribution >= 4 is 11.9 Å². The molecule has 1 saturated heterocycles. The summed E-state index contributed by atoms with van der Waals surface area (Å²) in [6, 6.07) is 0.338. The number of rotatable bonds is 2. The number of aromatic amines is 1. The van der Waals surface area contributed by atoms with Gasteiger partial charge in [0.2, 0.25) is 11.9 Å². The van der Waals surface area contributed by atoms with Crippen LogP contribution < -0.4 is 10.6 Å². The summed E-state index contributed by atoms with van der Waals surface area (Å²) in [5, 5.41) is 6.63. The zero-order valence-corrected chi connectivity index (χ0v) is 8.40. The maximum atomic E-state index is 5.48. The standard InChI is InChI=1S/C8H15N5O/c1-5-6(3-4-14-5)13(2)8-10-7(9)11-12-8/h5-6H,3-4H2,1-2H3,(H3,9,10,11,12). The Morgan fingerprint density at radius 3 is 2.93 bits per heavy atom. The van der Waals surface area contributed by atoms with Crippen molar-refractivity contribution in [2.45, 2.75) is 25.5 Å². The van der Waals surface area contributed by atoms with Gasteiger partial charge in [-0.15, -0.1) is 5.10 Å². The molecular weight excluding hydrogens is 182 g/mol. The van der Waals surface area contributed by atoms with Crippen molar-refractivity contribution in [1.82, 2.24) is 15.2 Å². The number of hydrogen-bond acceptors (Lipinski definition) is 5. The molecule has 1 aromatic heterocycles. The van der Waals surface area contributed by atoms with E-state index in [0.717, 1.165) is 13.0 Å². The molecular formula is C8H15N5O. The highest BCUT2D eigenvalue weighted by molar-refractivity contribution is 5.34. The molecule has 0 aromatic carbocycles. The van der Waals surface area contributed by atoms with Crippen LogP contribution in [0.3, 0.4) is 0 Å². The van der Waals surface area contributed by atoms with Crippen molar-refractivity contribution in [1.29, 1.82) is 0 Å². The number of anilines is 2. The quantitative estimate of drug-likeness (QED) is 0.697. The molecule has 2 rings (SSSR count). The zero-order valence-electron chi connectivity index (χ0n) is 8.40. The number of ether oxygens (including phenoxy) is 1. The van der Waals surface area contributed by atoms with E-state index >= 15 is 0 Å². The monoisotopic (exact) mass is 197 g/mol. The summed E-state index contributed by atoms with van der Waals surface area (Å²) >= 11 is 0. The summed E-state index contributed by atoms with van der Waals surface area (Å²) in [5.41, 5.74) is 5.46. The molecule has 0 saturated carbocycles. The van der Waals surface area contributed by atoms with Crippen molar-refractivity contribution in [2.75, 3.05) is 24.3 Å². The highest BCUT2D eigenvalue weighted by Crippen LogP contribution is 2.21. The van der Waals surface area contributed by atoms with Crippen LogP contribution in [0.4, 0.5) is 11.9 Å². The minimum absolute atomic E-state index is 0.222. The Bertz CT molecular complexity index is 312. The molecule has 2 heterocycles. The minimum Gasteiger partial charge on any atom is -0.376 e. The van der Waals surface area contributed by atoms with E-state index in [9.17, 15) is 0 Å². The Hall–Kier alpha value is -1.30. The molecule has 1 aromatic rings. The molecule has 3 N–H and O–H groups in total. The lowest BCUT2D eigenvalue weighted by Crippen LogP contribution is -2.37. The molecule has 14 heavy (non-hydrogen) atoms. The maximum Gasteiger partial charge on any atom is 0.246 e. The number of nitrogens with zero attached hydrogens (tertiary/aromatic N) is 3. The second kappa shape index (κ2) is 3.45. The fourth-order valence-corrected chi connectivity index (χ4v) is 1.80. The fraction of sp³-hybridized carbons (Fsp3) is 0.750. The van der Waals surface area contributed by atoms with Crippen LogP contribution in [0.2, 0.25) is 0 Å². The topological polar surface area (TPSA) is 80.1 Å². The summed E-state index contributed by atoms with van der Waals surface area (Å²) in [5.74, 6) is 0.975. The molecule has 0 aliphatic carbocycles. The molecule has 0 amide bonds. The Morgan fingerprint density at radius 1 is 1.64 bits per heavy atom. The van der Waals surface area contributed by atoms with E-state index in [1.165, 1.54) is 0 Å². The van der Waals surface area contributed by atoms with Gasteiger partial charge in [-0.1, -0.05) is 0 Å². The Labute approximate surface area is 82.4 Å². The lowest BCUT2D eigenvalue weighted by Gasteiger charge is -2.25. The molecule has 2 unspecified atom stereocenters. The first-order chi connectivity index (χ1) is 6.68. The number of H-pyrrole nitrogens is 1. The molecule has 6 nitrogen and oxygen atoms in total. The molecule has 0 spiro atoms. The molecule has 0 bridgehead atoms. The van der Waals surface area contributed by atoms with Gasteiger partial charge in [-0.25, -0.2) is 5.10 Å². The van der Waals surface area contributed by atoms with Gasteiger partial charge in [0.1, 0.15) is 0 Å². The second-order valence-corrected chi connectivity index (χ2v) is 3.56. The normalized spacial score (nSPS) is 26.7. The average Bonchev–Trinajstić information content (AvgIpc) is 2.73. The number of hydrogen-bond donors (Lipinski definition) is 2. The SMILES string of the molecule is CC1OCCC1N(C)c1n[nH]c(N)n1. The largest absolute Gasteiger partial charge is 0.376 e. The van der Waals surface area contributed by atoms with E-state index in [0.29, 0.717) is 17.9 Å². The number of nitrogens with two attached hydrogens (primary N) is 1. The second-order valence-electron chi connectivity index (χ2n) is 3.56. The average molecular weight is 197 g/mol. The van der Waals surface area contributed by atoms with Gasteiger partial charge in [-0.3, -0.25) is 0 Å². The van der Waals surface area contributed by atoms with Crippen LogP contribution >= 0.6 is 0 Å². The summed E-state index contributed by atoms with van der Waals surface area (Å²) < 4.78 is 5.48. The van der Waals surface area contributed by atoms with Crippen LogP contribution in [-0.2, 0) is 4.74 Å². The molecule has 1 aliphatic heterocycles. The lowest BCUT2D eigenvalue weighted by atomic mass is 10.1. The first kappa shape index (κ1) is 9.26. The molecule has 0 radical (unpaired) electrons. The highest BCUT2D eigenvalue weighted by atomic mass is 16.5. The lowest BCUT2D eigenvalue weighted by molar-refractivity contribution is 0.118. The molecule has 78 valence electrons. The van der Waals surface area contributed by atoms with Gasteiger partial charge in [0.25, 0.3) is 0 Å². The van der Waals surface area contributed by atoms with Crippen molar-refractivity contribution in [3.63, 3.8) is 0 Å². The summed E-state index contributed by atoms with van der Waals surface area (Å²) in [7, 11) is 1.96. The summed E-state index contributed by atoms with van der Waals surface area (Å²) in [6.07, 6.45) is 1.23. The smallest absolute Gasteiger partial charge is 0.246 e. The maximum absolute atomic E-state index is 5.48. The van der Waals surface area contributed by atoms with Gasteiger partial charge in [0, 0.05) is 13.7 Å². The molecule has 2 atom stereocenters. The first-order valence-corrected chi connectivity index (χ1v) is 4.71. The van der Waals surface area contributed by atoms with E-state index in [1.54, 1.807) is 0 Å². The summed E-state index contributed by atoms with van der Waals surface area (Å²) in [6.45, 7) is 2.86. The van der Waals surface area contributed by atoms with Crippen LogP contribution in [0, 0.1) is 0 Å². The van der Waals surface area contributed by atoms with Crippen LogP contribution in [0.1, 0.15) is 13.3 Å². The molecule has 6 heteroatoms. The predicted octanol–water partition coefficient (Wildman–Crippen LogP) is 0.000500. The third-order valence-corrected chi connectivity index (χ3v) is 2.64. The summed E-state index contributed by atoms with van der Waals surface area (Å²) in [4.78, 5) is 6.08. The van der Waals surface area contributed by atoms with Gasteiger partial charge in [0.15, 0.2) is 0 Å². The Morgan fingerprint density at radius 2 is 2.43 bits per heavy atom. The third-order valence-electron chi connectivity index (χ3n) is 2.64. The molecule has 1 fully saturated rings. The number of nitrogen functional groups attached to an aromatic ring is 1. The van der Waals surface area contributed by atoms with Crippen molar-refractivity contribution < 1.29 is 4.74 Å². The van der Waals surface area contributed by atoms with Crippen molar-refractivity contribution in [3.05, 3.63) is 0 Å². The van der Waals surface area contributed by atoms with Gasteiger partial charge < -0.3 is 15.4 Å². The number of likely N-dealkylation sites (N-methyl/N-ethyl adjacent to an activating group) is 1. The highest BCUT2D eigenvalue weighted by Gasteiger charge is 2.29.